The van der Waals surface area contributed by atoms with E-state index < -0.39 is 96.9 Å². The molecule has 112 valence electrons. The molecule has 0 saturated heterocycles. The number of Topliss-reactive ketones (excluding diaryl/α,β-unsaturated/α-hetero) is 1. The van der Waals surface area contributed by atoms with Crippen LogP contribution in [0, 0.1) is 12.7 Å². The maximum Gasteiger partial charge on any atom is 0.170 e. The number of fused-ring (bicyclic) bond motifs is 3. The normalized spacial score (nSPS) is 36.9. The van der Waals surface area contributed by atoms with Crippen LogP contribution in [0.4, 0.5) is 0 Å². The van der Waals surface area contributed by atoms with Crippen molar-refractivity contribution in [3.8, 4) is 0 Å². The number of hydrogen-bond donors (Lipinski definition) is 0. The van der Waals surface area contributed by atoms with E-state index in [1.54, 1.807) is 0 Å². The smallest absolute Gasteiger partial charge is 0.170 e. The first-order valence-electron chi connectivity index (χ1n) is 13.8. The molecule has 22 heavy (non-hydrogen) atoms. The fourth-order valence-electron chi connectivity index (χ4n) is 2.42. The monoisotopic (exact) mass is 308 g/mol. The summed E-state index contributed by atoms with van der Waals surface area (Å²) in [6, 6.07) is -3.46. The molecule has 2 heterocycles. The summed E-state index contributed by atoms with van der Waals surface area (Å²) >= 11 is 0. The molecule has 4 rings (SSSR count). The number of imidazole rings is 1. The largest absolute Gasteiger partial charge is 0.347 e. The lowest BCUT2D eigenvalue weighted by Crippen LogP contribution is -2.27. The summed E-state index contributed by atoms with van der Waals surface area (Å²) in [7, 11) is 0. The van der Waals surface area contributed by atoms with Gasteiger partial charge in [-0.05, 0) is 25.6 Å². The molecule has 2 aromatic heterocycles. The number of hydrogen-bond acceptors (Lipinski definition) is 2. The summed E-state index contributed by atoms with van der Waals surface area (Å²) in [4.78, 5) is 17.6. The Balaban J connectivity index is 2.17. The van der Waals surface area contributed by atoms with Crippen LogP contribution in [0.1, 0.15) is 48.8 Å². The van der Waals surface area contributed by atoms with E-state index in [1.807, 2.05) is 0 Å². The zero-order chi connectivity index (χ0) is 28.3. The number of benzene rings is 1. The first-order chi connectivity index (χ1) is 16.6. The van der Waals surface area contributed by atoms with Crippen molar-refractivity contribution in [3.63, 3.8) is 0 Å². The minimum absolute atomic E-state index is 0.218. The van der Waals surface area contributed by atoms with Crippen molar-refractivity contribution in [3.05, 3.63) is 53.6 Å². The van der Waals surface area contributed by atoms with Gasteiger partial charge >= 0.3 is 0 Å². The van der Waals surface area contributed by atoms with Crippen LogP contribution in [-0.2, 0) is 19.9 Å². The highest BCUT2D eigenvalue weighted by Gasteiger charge is 2.32. The van der Waals surface area contributed by atoms with Crippen LogP contribution in [0.25, 0.3) is 10.9 Å². The Morgan fingerprint density at radius 2 is 2.45 bits per heavy atom. The number of aromatic nitrogens is 3. The third-order valence-corrected chi connectivity index (χ3v) is 3.48. The summed E-state index contributed by atoms with van der Waals surface area (Å²) < 4.78 is 124. The predicted molar refractivity (Wildman–Crippen MR) is 86.0 cm³/mol. The number of ketones is 1. The maximum atomic E-state index is 13.9. The average molecular weight is 308 g/mol. The van der Waals surface area contributed by atoms with E-state index in [0.29, 0.717) is 0 Å². The summed E-state index contributed by atoms with van der Waals surface area (Å²) in [6.07, 6.45) is -4.76. The van der Waals surface area contributed by atoms with Crippen molar-refractivity contribution in [1.29, 1.82) is 0 Å². The summed E-state index contributed by atoms with van der Waals surface area (Å²) in [6.45, 7) is -7.17. The molecule has 1 unspecified atom stereocenters. The molecule has 4 nitrogen and oxygen atoms in total. The van der Waals surface area contributed by atoms with Gasteiger partial charge in [0.05, 0.1) is 5.48 Å². The molecule has 0 N–H and O–H groups in total. The molecule has 0 radical (unpaired) electrons. The van der Waals surface area contributed by atoms with Crippen molar-refractivity contribution < 1.29 is 25.4 Å². The van der Waals surface area contributed by atoms with Crippen molar-refractivity contribution >= 4 is 16.7 Å². The van der Waals surface area contributed by atoms with E-state index in [1.165, 1.54) is 0 Å². The summed E-state index contributed by atoms with van der Waals surface area (Å²) in [5, 5.41) is -0.667. The van der Waals surface area contributed by atoms with Gasteiger partial charge in [-0.2, -0.15) is 0 Å². The molecule has 1 atom stereocenters. The molecular formula is C18H19N3O. The summed E-state index contributed by atoms with van der Waals surface area (Å²) in [5.74, 6) is -5.17. The molecule has 0 spiro atoms. The second-order valence-electron chi connectivity index (χ2n) is 4.72. The van der Waals surface area contributed by atoms with E-state index in [-0.39, 0.29) is 4.57 Å². The second-order valence-corrected chi connectivity index (χ2v) is 4.72. The fraction of sp³-hybridized carbons (Fsp3) is 0.333. The molecule has 0 amide bonds. The molecule has 0 fully saturated rings. The molecule has 1 aromatic carbocycles. The molecular weight excluding hydrogens is 274 g/mol. The van der Waals surface area contributed by atoms with Crippen LogP contribution >= 0.6 is 0 Å². The number of carbonyl (C=O) groups is 1. The Bertz CT molecular complexity index is 1460. The fourth-order valence-corrected chi connectivity index (χ4v) is 2.42. The van der Waals surface area contributed by atoms with E-state index >= 15 is 0 Å². The lowest BCUT2D eigenvalue weighted by Gasteiger charge is -2.23. The van der Waals surface area contributed by atoms with Gasteiger partial charge in [-0.3, -0.25) is 4.79 Å². The van der Waals surface area contributed by atoms with Gasteiger partial charge in [-0.1, -0.05) is 18.1 Å². The zero-order valence-electron chi connectivity index (χ0n) is 26.1. The van der Waals surface area contributed by atoms with Gasteiger partial charge in [0.2, 0.25) is 0 Å². The van der Waals surface area contributed by atoms with E-state index in [0.717, 1.165) is 17.0 Å². The molecule has 0 aliphatic heterocycles. The highest BCUT2D eigenvalue weighted by Crippen LogP contribution is 2.34. The standard InChI is InChI=1S/C18H19N3O/c1-12-19-9-10-21(12)11-13-7-8-16-17(18(13)22)14-5-3-4-6-15(14)20(16)2/h3-6,9-10,13H,7-8,11H2,1-2H3/i1D3,2D3,3D,4D,5D,6D,7D2,8D2,13D. The average Bonchev–Trinajstić information content (AvgIpc) is 3.37. The van der Waals surface area contributed by atoms with Gasteiger partial charge in [0.15, 0.2) is 5.78 Å². The van der Waals surface area contributed by atoms with Crippen LogP contribution in [0.3, 0.4) is 0 Å². The highest BCUT2D eigenvalue weighted by molar-refractivity contribution is 6.11. The minimum atomic E-state index is -3.48. The Hall–Kier alpha value is -2.36. The number of para-hydroxylation sites is 1. The molecule has 3 aromatic rings. The molecule has 0 bridgehead atoms. The second kappa shape index (κ2) is 4.83. The zero-order valence-corrected chi connectivity index (χ0v) is 11.1. The van der Waals surface area contributed by atoms with Gasteiger partial charge in [0.25, 0.3) is 0 Å². The number of rotatable bonds is 2. The van der Waals surface area contributed by atoms with Crippen LogP contribution in [0.5, 0.6) is 0 Å². The highest BCUT2D eigenvalue weighted by atomic mass is 16.1. The number of aryl methyl sites for hydroxylation is 2. The van der Waals surface area contributed by atoms with Gasteiger partial charge in [-0.15, -0.1) is 0 Å². The third kappa shape index (κ3) is 1.83. The Morgan fingerprint density at radius 3 is 3.32 bits per heavy atom. The van der Waals surface area contributed by atoms with Gasteiger partial charge in [0, 0.05) is 69.0 Å². The van der Waals surface area contributed by atoms with Crippen LogP contribution < -0.4 is 0 Å². The van der Waals surface area contributed by atoms with Crippen LogP contribution in [0.2, 0.25) is 0 Å². The Morgan fingerprint density at radius 1 is 1.55 bits per heavy atom. The van der Waals surface area contributed by atoms with Gasteiger partial charge in [-0.25, -0.2) is 4.98 Å². The van der Waals surface area contributed by atoms with Crippen LogP contribution in [0.15, 0.2) is 36.6 Å². The van der Waals surface area contributed by atoms with Crippen molar-refractivity contribution in [2.75, 3.05) is 0 Å². The minimum Gasteiger partial charge on any atom is -0.347 e. The summed E-state index contributed by atoms with van der Waals surface area (Å²) in [5.41, 5.74) is -2.66. The molecule has 0 saturated carbocycles. The Kier molecular flexibility index (Phi) is 1.06. The van der Waals surface area contributed by atoms with Gasteiger partial charge < -0.3 is 9.13 Å². The Labute approximate surface area is 150 Å². The number of carbonyl (C=O) groups excluding carboxylic acids is 1. The molecule has 1 aliphatic carbocycles. The molecule has 4 heteroatoms. The van der Waals surface area contributed by atoms with Crippen LogP contribution in [-0.4, -0.2) is 19.9 Å². The van der Waals surface area contributed by atoms with Gasteiger partial charge in [0.1, 0.15) is 5.82 Å². The quantitative estimate of drug-likeness (QED) is 0.729. The predicted octanol–water partition coefficient (Wildman–Crippen LogP) is 3.13. The van der Waals surface area contributed by atoms with E-state index in [4.69, 9.17) is 20.6 Å². The first kappa shape index (κ1) is 4.82. The SMILES string of the molecule is [2H]c1c([2H])c([2H])c2c(c1[2H])c1c(n2C([2H])([2H])[2H])C([2H])([2H])C([2H])([2H])C([2H])(Cn2ccnc2C([2H])([2H])[2H])C1=O. The first-order valence-corrected chi connectivity index (χ1v) is 6.34. The lowest BCUT2D eigenvalue weighted by molar-refractivity contribution is 0.0888. The number of nitrogens with zero attached hydrogens (tertiary/aromatic N) is 3. The lowest BCUT2D eigenvalue weighted by atomic mass is 9.85. The van der Waals surface area contributed by atoms with Crippen molar-refractivity contribution in [1.82, 2.24) is 14.1 Å². The third-order valence-electron chi connectivity index (χ3n) is 3.48. The maximum absolute atomic E-state index is 13.9. The molecule has 1 aliphatic rings. The van der Waals surface area contributed by atoms with Crippen molar-refractivity contribution in [2.45, 2.75) is 26.1 Å². The van der Waals surface area contributed by atoms with E-state index in [9.17, 15) is 4.79 Å². The van der Waals surface area contributed by atoms with E-state index in [2.05, 4.69) is 4.98 Å². The van der Waals surface area contributed by atoms with Crippen molar-refractivity contribution in [2.24, 2.45) is 12.9 Å². The topological polar surface area (TPSA) is 39.8 Å².